The molecule has 25 heavy (non-hydrogen) atoms. The topological polar surface area (TPSA) is 66.5 Å². The Hall–Kier alpha value is -3.21. The molecule has 0 saturated carbocycles. The average Bonchev–Trinajstić information content (AvgIpc) is 2.61. The van der Waals surface area contributed by atoms with Gasteiger partial charge in [0.1, 0.15) is 11.7 Å². The van der Waals surface area contributed by atoms with Crippen molar-refractivity contribution < 1.29 is 14.4 Å². The van der Waals surface area contributed by atoms with E-state index in [4.69, 9.17) is 0 Å². The van der Waals surface area contributed by atoms with E-state index in [1.807, 2.05) is 60.7 Å². The molecule has 3 rings (SSSR count). The van der Waals surface area contributed by atoms with Gasteiger partial charge in [-0.3, -0.25) is 19.3 Å². The number of nitrogens with one attached hydrogen (secondary N) is 1. The van der Waals surface area contributed by atoms with Gasteiger partial charge in [0.05, 0.1) is 0 Å². The Balaban J connectivity index is 1.91. The van der Waals surface area contributed by atoms with Crippen molar-refractivity contribution in [3.63, 3.8) is 0 Å². The van der Waals surface area contributed by atoms with Crippen LogP contribution in [0.25, 0.3) is 6.08 Å². The maximum atomic E-state index is 12.7. The summed E-state index contributed by atoms with van der Waals surface area (Å²) in [7, 11) is 0. The minimum atomic E-state index is -0.847. The first-order valence-electron chi connectivity index (χ1n) is 8.02. The number of hydrogen-bond donors (Lipinski definition) is 1. The number of rotatable bonds is 3. The Morgan fingerprint density at radius 1 is 1.04 bits per heavy atom. The molecule has 5 nitrogen and oxygen atoms in total. The van der Waals surface area contributed by atoms with E-state index in [1.165, 1.54) is 6.92 Å². The highest BCUT2D eigenvalue weighted by atomic mass is 16.2. The van der Waals surface area contributed by atoms with E-state index in [2.05, 4.69) is 5.32 Å². The summed E-state index contributed by atoms with van der Waals surface area (Å²) in [5.74, 6) is -1.29. The molecular weight excluding hydrogens is 316 g/mol. The van der Waals surface area contributed by atoms with Crippen LogP contribution in [0.15, 0.2) is 66.4 Å². The van der Waals surface area contributed by atoms with Gasteiger partial charge in [0.25, 0.3) is 5.91 Å². The lowest BCUT2D eigenvalue weighted by molar-refractivity contribution is -0.152. The van der Waals surface area contributed by atoms with E-state index in [0.717, 1.165) is 16.0 Å². The van der Waals surface area contributed by atoms with Crippen LogP contribution < -0.4 is 5.32 Å². The summed E-state index contributed by atoms with van der Waals surface area (Å²) in [5.41, 5.74) is 1.77. The largest absolute Gasteiger partial charge is 0.320 e. The number of benzene rings is 2. The first kappa shape index (κ1) is 16.6. The molecular formula is C20H18N2O3. The minimum Gasteiger partial charge on any atom is -0.320 e. The molecule has 0 aliphatic carbocycles. The zero-order chi connectivity index (χ0) is 17.8. The van der Waals surface area contributed by atoms with Crippen molar-refractivity contribution in [3.05, 3.63) is 77.5 Å². The molecule has 1 aliphatic rings. The van der Waals surface area contributed by atoms with Gasteiger partial charge in [-0.25, -0.2) is 0 Å². The quantitative estimate of drug-likeness (QED) is 0.875. The second-order valence-electron chi connectivity index (χ2n) is 5.86. The summed E-state index contributed by atoms with van der Waals surface area (Å²) in [6.45, 7) is 1.30. The van der Waals surface area contributed by atoms with Crippen molar-refractivity contribution in [3.8, 4) is 0 Å². The normalized spacial score (nSPS) is 19.0. The number of piperazine rings is 1. The van der Waals surface area contributed by atoms with Crippen LogP contribution in [0.4, 0.5) is 0 Å². The molecule has 3 amide bonds. The molecule has 1 fully saturated rings. The maximum absolute atomic E-state index is 12.7. The van der Waals surface area contributed by atoms with Gasteiger partial charge in [0.2, 0.25) is 11.8 Å². The third-order valence-corrected chi connectivity index (χ3v) is 4.04. The maximum Gasteiger partial charge on any atom is 0.277 e. The summed E-state index contributed by atoms with van der Waals surface area (Å²) in [6, 6.07) is 17.6. The molecule has 5 heteroatoms. The molecule has 0 spiro atoms. The molecule has 0 bridgehead atoms. The minimum absolute atomic E-state index is 0.107. The monoisotopic (exact) mass is 334 g/mol. The Bertz CT molecular complexity index is 829. The highest BCUT2D eigenvalue weighted by Crippen LogP contribution is 2.19. The van der Waals surface area contributed by atoms with Crippen LogP contribution in [0, 0.1) is 0 Å². The standard InChI is InChI=1S/C20H18N2O3/c1-14(23)22-18(13-16-10-6-3-7-11-16)19(24)21-17(20(22)25)12-15-8-4-2-5-9-15/h2-12,18H,13H2,1H3,(H,21,24)/t18-/m0/s1. The van der Waals surface area contributed by atoms with Crippen molar-refractivity contribution in [2.75, 3.05) is 0 Å². The van der Waals surface area contributed by atoms with Crippen LogP contribution in [-0.2, 0) is 20.8 Å². The third kappa shape index (κ3) is 3.66. The lowest BCUT2D eigenvalue weighted by atomic mass is 10.0. The van der Waals surface area contributed by atoms with Crippen LogP contribution in [0.5, 0.6) is 0 Å². The first-order valence-corrected chi connectivity index (χ1v) is 8.02. The lowest BCUT2D eigenvalue weighted by Gasteiger charge is -2.34. The van der Waals surface area contributed by atoms with E-state index in [1.54, 1.807) is 6.08 Å². The molecule has 1 heterocycles. The lowest BCUT2D eigenvalue weighted by Crippen LogP contribution is -2.59. The van der Waals surface area contributed by atoms with Gasteiger partial charge < -0.3 is 5.32 Å². The zero-order valence-corrected chi connectivity index (χ0v) is 13.8. The average molecular weight is 334 g/mol. The molecule has 2 aromatic carbocycles. The fourth-order valence-corrected chi connectivity index (χ4v) is 2.86. The number of imide groups is 1. The van der Waals surface area contributed by atoms with Crippen LogP contribution >= 0.6 is 0 Å². The Labute approximate surface area is 146 Å². The van der Waals surface area contributed by atoms with E-state index >= 15 is 0 Å². The zero-order valence-electron chi connectivity index (χ0n) is 13.8. The molecule has 1 N–H and O–H groups in total. The predicted molar refractivity (Wildman–Crippen MR) is 94.0 cm³/mol. The smallest absolute Gasteiger partial charge is 0.277 e. The van der Waals surface area contributed by atoms with Crippen molar-refractivity contribution in [1.82, 2.24) is 10.2 Å². The fraction of sp³-hybridized carbons (Fsp3) is 0.150. The number of carbonyl (C=O) groups is 3. The van der Waals surface area contributed by atoms with Gasteiger partial charge in [-0.05, 0) is 17.2 Å². The Kier molecular flexibility index (Phi) is 4.75. The molecule has 0 unspecified atom stereocenters. The molecule has 1 saturated heterocycles. The second kappa shape index (κ2) is 7.13. The van der Waals surface area contributed by atoms with Gasteiger partial charge in [0, 0.05) is 13.3 Å². The van der Waals surface area contributed by atoms with Crippen LogP contribution in [0.2, 0.25) is 0 Å². The Morgan fingerprint density at radius 2 is 1.64 bits per heavy atom. The van der Waals surface area contributed by atoms with Crippen molar-refractivity contribution >= 4 is 23.8 Å². The van der Waals surface area contributed by atoms with Crippen LogP contribution in [-0.4, -0.2) is 28.7 Å². The molecule has 1 aliphatic heterocycles. The van der Waals surface area contributed by atoms with E-state index in [9.17, 15) is 14.4 Å². The molecule has 1 atom stereocenters. The highest BCUT2D eigenvalue weighted by molar-refractivity contribution is 6.13. The van der Waals surface area contributed by atoms with Gasteiger partial charge in [0.15, 0.2) is 0 Å². The van der Waals surface area contributed by atoms with Crippen LogP contribution in [0.1, 0.15) is 18.1 Å². The molecule has 2 aromatic rings. The van der Waals surface area contributed by atoms with Crippen molar-refractivity contribution in [1.29, 1.82) is 0 Å². The number of hydrogen-bond acceptors (Lipinski definition) is 3. The summed E-state index contributed by atoms with van der Waals surface area (Å²) >= 11 is 0. The van der Waals surface area contributed by atoms with E-state index < -0.39 is 17.9 Å². The van der Waals surface area contributed by atoms with Crippen molar-refractivity contribution in [2.24, 2.45) is 0 Å². The Morgan fingerprint density at radius 3 is 2.24 bits per heavy atom. The third-order valence-electron chi connectivity index (χ3n) is 4.04. The van der Waals surface area contributed by atoms with Crippen molar-refractivity contribution in [2.45, 2.75) is 19.4 Å². The summed E-state index contributed by atoms with van der Waals surface area (Å²) < 4.78 is 0. The van der Waals surface area contributed by atoms with Gasteiger partial charge in [-0.15, -0.1) is 0 Å². The van der Waals surface area contributed by atoms with Gasteiger partial charge >= 0.3 is 0 Å². The molecule has 126 valence electrons. The summed E-state index contributed by atoms with van der Waals surface area (Å²) in [6.07, 6.45) is 1.87. The number of amides is 3. The second-order valence-corrected chi connectivity index (χ2v) is 5.86. The van der Waals surface area contributed by atoms with Crippen LogP contribution in [0.3, 0.4) is 0 Å². The van der Waals surface area contributed by atoms with Gasteiger partial charge in [-0.1, -0.05) is 60.7 Å². The SMILES string of the molecule is CC(=O)N1C(=O)C(=Cc2ccccc2)NC(=O)[C@@H]1Cc1ccccc1. The predicted octanol–water partition coefficient (Wildman–Crippen LogP) is 2.14. The summed E-state index contributed by atoms with van der Waals surface area (Å²) in [4.78, 5) is 38.4. The fourth-order valence-electron chi connectivity index (χ4n) is 2.86. The first-order chi connectivity index (χ1) is 12.1. The number of carbonyl (C=O) groups excluding carboxylic acids is 3. The summed E-state index contributed by atoms with van der Waals surface area (Å²) in [5, 5.41) is 2.65. The van der Waals surface area contributed by atoms with Gasteiger partial charge in [-0.2, -0.15) is 0 Å². The molecule has 0 radical (unpaired) electrons. The van der Waals surface area contributed by atoms with E-state index in [0.29, 0.717) is 0 Å². The van der Waals surface area contributed by atoms with E-state index in [-0.39, 0.29) is 18.0 Å². The number of nitrogens with zero attached hydrogens (tertiary/aromatic N) is 1. The highest BCUT2D eigenvalue weighted by Gasteiger charge is 2.39. The molecule has 0 aromatic heterocycles.